The molecule has 1 aromatic carbocycles. The largest absolute Gasteiger partial charge is 0.481 e. The summed E-state index contributed by atoms with van der Waals surface area (Å²) < 4.78 is 40.6. The Morgan fingerprint density at radius 3 is 2.43 bits per heavy atom. The highest BCUT2D eigenvalue weighted by molar-refractivity contribution is 7.89. The number of aliphatic carboxylic acids is 1. The van der Waals surface area contributed by atoms with E-state index in [4.69, 9.17) is 5.11 Å². The first kappa shape index (κ1) is 17.6. The number of carboxylic acid groups (broad SMARTS) is 1. The van der Waals surface area contributed by atoms with Gasteiger partial charge in [-0.05, 0) is 30.0 Å². The minimum Gasteiger partial charge on any atom is -0.481 e. The third-order valence-corrected chi connectivity index (χ3v) is 4.58. The predicted molar refractivity (Wildman–Crippen MR) is 77.0 cm³/mol. The van der Waals surface area contributed by atoms with Gasteiger partial charge in [-0.3, -0.25) is 4.79 Å². The summed E-state index contributed by atoms with van der Waals surface area (Å²) in [6.45, 7) is 6.80. The van der Waals surface area contributed by atoms with E-state index >= 15 is 0 Å². The van der Waals surface area contributed by atoms with E-state index in [0.717, 1.165) is 6.07 Å². The van der Waals surface area contributed by atoms with Crippen molar-refractivity contribution < 1.29 is 22.7 Å². The van der Waals surface area contributed by atoms with E-state index in [9.17, 15) is 17.6 Å². The summed E-state index contributed by atoms with van der Waals surface area (Å²) in [7, 11) is -4.13. The SMILES string of the molecule is Cc1ccc(F)c(S(=O)(=O)NC(CC(=O)O)C(C)(C)C)c1. The number of nitrogens with one attached hydrogen (secondary N) is 1. The first-order chi connectivity index (χ1) is 9.43. The molecule has 21 heavy (non-hydrogen) atoms. The maximum absolute atomic E-state index is 13.7. The highest BCUT2D eigenvalue weighted by Crippen LogP contribution is 2.25. The lowest BCUT2D eigenvalue weighted by Gasteiger charge is -2.30. The van der Waals surface area contributed by atoms with Gasteiger partial charge < -0.3 is 5.11 Å². The maximum atomic E-state index is 13.7. The number of hydrogen-bond donors (Lipinski definition) is 2. The number of aryl methyl sites for hydroxylation is 1. The molecule has 0 aromatic heterocycles. The zero-order chi connectivity index (χ0) is 16.4. The second-order valence-electron chi connectivity index (χ2n) is 6.07. The molecule has 1 atom stereocenters. The van der Waals surface area contributed by atoms with Crippen molar-refractivity contribution in [1.82, 2.24) is 4.72 Å². The number of benzene rings is 1. The maximum Gasteiger partial charge on any atom is 0.304 e. The van der Waals surface area contributed by atoms with Gasteiger partial charge in [0, 0.05) is 6.04 Å². The minimum atomic E-state index is -4.13. The van der Waals surface area contributed by atoms with Gasteiger partial charge >= 0.3 is 5.97 Å². The Kier molecular flexibility index (Phi) is 5.11. The summed E-state index contributed by atoms with van der Waals surface area (Å²) in [4.78, 5) is 10.4. The normalized spacial score (nSPS) is 14.0. The van der Waals surface area contributed by atoms with Crippen LogP contribution in [0.5, 0.6) is 0 Å². The molecule has 0 aliphatic heterocycles. The van der Waals surface area contributed by atoms with Crippen LogP contribution in [0.4, 0.5) is 4.39 Å². The van der Waals surface area contributed by atoms with Gasteiger partial charge in [-0.2, -0.15) is 0 Å². The summed E-state index contributed by atoms with van der Waals surface area (Å²) in [5.74, 6) is -1.99. The molecule has 0 saturated heterocycles. The van der Waals surface area contributed by atoms with Gasteiger partial charge in [-0.25, -0.2) is 17.5 Å². The van der Waals surface area contributed by atoms with Crippen LogP contribution in [-0.2, 0) is 14.8 Å². The second kappa shape index (κ2) is 6.11. The number of carbonyl (C=O) groups is 1. The molecule has 0 saturated carbocycles. The van der Waals surface area contributed by atoms with Crippen LogP contribution in [0, 0.1) is 18.2 Å². The Labute approximate surface area is 124 Å². The van der Waals surface area contributed by atoms with E-state index < -0.39 is 38.2 Å². The highest BCUT2D eigenvalue weighted by atomic mass is 32.2. The molecule has 118 valence electrons. The van der Waals surface area contributed by atoms with Gasteiger partial charge in [0.2, 0.25) is 10.0 Å². The average Bonchev–Trinajstić information content (AvgIpc) is 2.29. The molecule has 0 amide bonds. The molecule has 1 unspecified atom stereocenters. The van der Waals surface area contributed by atoms with Gasteiger partial charge in [0.15, 0.2) is 0 Å². The summed E-state index contributed by atoms with van der Waals surface area (Å²) in [5.41, 5.74) is -0.0199. The number of halogens is 1. The molecule has 0 heterocycles. The summed E-state index contributed by atoms with van der Waals surface area (Å²) in [6, 6.07) is 2.91. The van der Waals surface area contributed by atoms with Gasteiger partial charge in [0.25, 0.3) is 0 Å². The molecule has 0 aliphatic rings. The fourth-order valence-corrected chi connectivity index (χ4v) is 3.37. The fraction of sp³-hybridized carbons (Fsp3) is 0.500. The third kappa shape index (κ3) is 4.78. The first-order valence-electron chi connectivity index (χ1n) is 6.44. The Balaban J connectivity index is 3.17. The van der Waals surface area contributed by atoms with Crippen LogP contribution in [0.1, 0.15) is 32.8 Å². The number of sulfonamides is 1. The molecular formula is C14H20FNO4S. The standard InChI is InChI=1S/C14H20FNO4S/c1-9-5-6-10(15)11(7-9)21(19,20)16-12(8-13(17)18)14(2,3)4/h5-7,12,16H,8H2,1-4H3,(H,17,18). The van der Waals surface area contributed by atoms with E-state index in [0.29, 0.717) is 5.56 Å². The first-order valence-corrected chi connectivity index (χ1v) is 7.92. The van der Waals surface area contributed by atoms with Crippen molar-refractivity contribution in [1.29, 1.82) is 0 Å². The van der Waals surface area contributed by atoms with Crippen LogP contribution < -0.4 is 4.72 Å². The zero-order valence-corrected chi connectivity index (χ0v) is 13.3. The van der Waals surface area contributed by atoms with Crippen LogP contribution >= 0.6 is 0 Å². The average molecular weight is 317 g/mol. The van der Waals surface area contributed by atoms with Crippen molar-refractivity contribution in [3.8, 4) is 0 Å². The quantitative estimate of drug-likeness (QED) is 0.873. The monoisotopic (exact) mass is 317 g/mol. The molecule has 7 heteroatoms. The predicted octanol–water partition coefficient (Wildman–Crippen LogP) is 2.30. The summed E-state index contributed by atoms with van der Waals surface area (Å²) in [5, 5.41) is 8.90. The van der Waals surface area contributed by atoms with Gasteiger partial charge in [-0.15, -0.1) is 0 Å². The molecule has 2 N–H and O–H groups in total. The molecule has 0 fully saturated rings. The Hall–Kier alpha value is -1.47. The summed E-state index contributed by atoms with van der Waals surface area (Å²) in [6.07, 6.45) is -0.379. The number of carboxylic acids is 1. The van der Waals surface area contributed by atoms with Crippen molar-refractivity contribution in [2.24, 2.45) is 5.41 Å². The van der Waals surface area contributed by atoms with E-state index in [-0.39, 0.29) is 6.42 Å². The summed E-state index contributed by atoms with van der Waals surface area (Å²) >= 11 is 0. The van der Waals surface area contributed by atoms with Crippen molar-refractivity contribution >= 4 is 16.0 Å². The van der Waals surface area contributed by atoms with E-state index in [1.807, 2.05) is 0 Å². The van der Waals surface area contributed by atoms with Crippen molar-refractivity contribution in [3.05, 3.63) is 29.6 Å². The van der Waals surface area contributed by atoms with Crippen molar-refractivity contribution in [3.63, 3.8) is 0 Å². The molecule has 1 aromatic rings. The van der Waals surface area contributed by atoms with Gasteiger partial charge in [0.05, 0.1) is 6.42 Å². The van der Waals surface area contributed by atoms with Crippen LogP contribution in [0.25, 0.3) is 0 Å². The van der Waals surface area contributed by atoms with Crippen molar-refractivity contribution in [2.45, 2.75) is 45.1 Å². The van der Waals surface area contributed by atoms with Crippen LogP contribution in [0.15, 0.2) is 23.1 Å². The second-order valence-corrected chi connectivity index (χ2v) is 7.75. The van der Waals surface area contributed by atoms with Crippen LogP contribution in [0.2, 0.25) is 0 Å². The van der Waals surface area contributed by atoms with E-state index in [1.165, 1.54) is 12.1 Å². The number of hydrogen-bond acceptors (Lipinski definition) is 3. The molecule has 0 spiro atoms. The van der Waals surface area contributed by atoms with E-state index in [1.54, 1.807) is 27.7 Å². The lowest BCUT2D eigenvalue weighted by atomic mass is 9.85. The molecule has 0 bridgehead atoms. The van der Waals surface area contributed by atoms with E-state index in [2.05, 4.69) is 4.72 Å². The number of rotatable bonds is 5. The van der Waals surface area contributed by atoms with Gasteiger partial charge in [0.1, 0.15) is 10.7 Å². The Morgan fingerprint density at radius 2 is 1.95 bits per heavy atom. The van der Waals surface area contributed by atoms with Gasteiger partial charge in [-0.1, -0.05) is 26.8 Å². The van der Waals surface area contributed by atoms with Crippen LogP contribution in [0.3, 0.4) is 0 Å². The zero-order valence-electron chi connectivity index (χ0n) is 12.5. The smallest absolute Gasteiger partial charge is 0.304 e. The van der Waals surface area contributed by atoms with Crippen molar-refractivity contribution in [2.75, 3.05) is 0 Å². The highest BCUT2D eigenvalue weighted by Gasteiger charge is 2.32. The molecule has 5 nitrogen and oxygen atoms in total. The Bertz CT molecular complexity index is 635. The molecule has 0 radical (unpaired) electrons. The Morgan fingerprint density at radius 1 is 1.38 bits per heavy atom. The molecular weight excluding hydrogens is 297 g/mol. The molecule has 1 rings (SSSR count). The fourth-order valence-electron chi connectivity index (χ4n) is 1.77. The molecule has 0 aliphatic carbocycles. The third-order valence-electron chi connectivity index (χ3n) is 3.10. The van der Waals surface area contributed by atoms with Crippen LogP contribution in [-0.4, -0.2) is 25.5 Å². The lowest BCUT2D eigenvalue weighted by Crippen LogP contribution is -2.45. The minimum absolute atomic E-state index is 0.379. The lowest BCUT2D eigenvalue weighted by molar-refractivity contribution is -0.138. The topological polar surface area (TPSA) is 83.5 Å².